The van der Waals surface area contributed by atoms with Gasteiger partial charge < -0.3 is 0 Å². The summed E-state index contributed by atoms with van der Waals surface area (Å²) in [6.45, 7) is 4.59. The van der Waals surface area contributed by atoms with Crippen LogP contribution in [-0.4, -0.2) is 45.1 Å². The highest BCUT2D eigenvalue weighted by atomic mass is 16.2. The van der Waals surface area contributed by atoms with Gasteiger partial charge in [-0.05, 0) is 25.5 Å². The highest BCUT2D eigenvalue weighted by Gasteiger charge is 2.17. The minimum Gasteiger partial charge on any atom is -0.288 e. The van der Waals surface area contributed by atoms with Crippen molar-refractivity contribution in [2.75, 3.05) is 5.32 Å². The molecule has 0 saturated heterocycles. The van der Waals surface area contributed by atoms with E-state index in [1.54, 1.807) is 38.7 Å². The summed E-state index contributed by atoms with van der Waals surface area (Å²) >= 11 is 0. The Morgan fingerprint density at radius 1 is 1.09 bits per heavy atom. The highest BCUT2D eigenvalue weighted by molar-refractivity contribution is 6.02. The Balaban J connectivity index is 1.37. The molecule has 32 heavy (non-hydrogen) atoms. The number of nitrogens with zero attached hydrogens (tertiary/aromatic N) is 8. The number of fused-ring (bicyclic) bond motifs is 1. The molecule has 160 valence electrons. The van der Waals surface area contributed by atoms with Crippen LogP contribution in [0.3, 0.4) is 0 Å². The second kappa shape index (κ2) is 7.73. The van der Waals surface area contributed by atoms with Gasteiger partial charge in [-0.3, -0.25) is 14.8 Å². The SMILES string of the molecule is Cc1cccc(Cn2cnc(NC(=O)c3cc4nccc(-c5cnn(C)c5C)n4n3)n2)c1. The van der Waals surface area contributed by atoms with Crippen molar-refractivity contribution in [3.05, 3.63) is 77.6 Å². The smallest absolute Gasteiger partial charge is 0.278 e. The highest BCUT2D eigenvalue weighted by Crippen LogP contribution is 2.23. The summed E-state index contributed by atoms with van der Waals surface area (Å²) in [4.78, 5) is 21.3. The van der Waals surface area contributed by atoms with E-state index in [2.05, 4.69) is 36.6 Å². The monoisotopic (exact) mass is 427 g/mol. The number of hydrogen-bond acceptors (Lipinski definition) is 6. The van der Waals surface area contributed by atoms with Gasteiger partial charge in [-0.2, -0.15) is 10.2 Å². The molecule has 4 aromatic heterocycles. The number of rotatable bonds is 5. The van der Waals surface area contributed by atoms with Crippen LogP contribution in [0, 0.1) is 13.8 Å². The number of hydrogen-bond donors (Lipinski definition) is 1. The summed E-state index contributed by atoms with van der Waals surface area (Å²) in [5.74, 6) is -0.186. The molecule has 0 unspecified atom stereocenters. The lowest BCUT2D eigenvalue weighted by molar-refractivity contribution is 0.102. The molecule has 0 fully saturated rings. The van der Waals surface area contributed by atoms with Crippen LogP contribution in [0.2, 0.25) is 0 Å². The molecular weight excluding hydrogens is 406 g/mol. The molecule has 0 aliphatic rings. The summed E-state index contributed by atoms with van der Waals surface area (Å²) < 4.78 is 5.11. The van der Waals surface area contributed by atoms with Crippen molar-refractivity contribution in [2.24, 2.45) is 7.05 Å². The first kappa shape index (κ1) is 19.6. The molecule has 5 aromatic rings. The van der Waals surface area contributed by atoms with Crippen LogP contribution in [0.25, 0.3) is 16.9 Å². The van der Waals surface area contributed by atoms with Crippen LogP contribution in [0.5, 0.6) is 0 Å². The summed E-state index contributed by atoms with van der Waals surface area (Å²) in [5.41, 5.74) is 5.79. The minimum absolute atomic E-state index is 0.219. The summed E-state index contributed by atoms with van der Waals surface area (Å²) in [7, 11) is 1.88. The van der Waals surface area contributed by atoms with Crippen LogP contribution in [0.1, 0.15) is 27.3 Å². The fourth-order valence-electron chi connectivity index (χ4n) is 3.55. The van der Waals surface area contributed by atoms with E-state index in [4.69, 9.17) is 0 Å². The van der Waals surface area contributed by atoms with E-state index in [1.807, 2.05) is 45.2 Å². The van der Waals surface area contributed by atoms with Crippen LogP contribution >= 0.6 is 0 Å². The molecule has 0 saturated carbocycles. The first-order valence-electron chi connectivity index (χ1n) is 10.1. The van der Waals surface area contributed by atoms with Crippen molar-refractivity contribution in [1.82, 2.24) is 39.1 Å². The third kappa shape index (κ3) is 3.62. The molecule has 0 radical (unpaired) electrons. The molecule has 0 aliphatic carbocycles. The van der Waals surface area contributed by atoms with Gasteiger partial charge in [-0.25, -0.2) is 19.2 Å². The zero-order valence-electron chi connectivity index (χ0n) is 17.9. The summed E-state index contributed by atoms with van der Waals surface area (Å²) in [6, 6.07) is 11.6. The Bertz CT molecular complexity index is 1440. The molecule has 10 nitrogen and oxygen atoms in total. The van der Waals surface area contributed by atoms with Crippen LogP contribution in [-0.2, 0) is 13.6 Å². The van der Waals surface area contributed by atoms with E-state index in [-0.39, 0.29) is 11.6 Å². The van der Waals surface area contributed by atoms with E-state index < -0.39 is 5.91 Å². The van der Waals surface area contributed by atoms with E-state index >= 15 is 0 Å². The lowest BCUT2D eigenvalue weighted by atomic mass is 10.1. The molecule has 4 heterocycles. The van der Waals surface area contributed by atoms with E-state index in [9.17, 15) is 4.79 Å². The number of amides is 1. The Hall–Kier alpha value is -4.34. The Morgan fingerprint density at radius 2 is 1.97 bits per heavy atom. The molecule has 1 N–H and O–H groups in total. The van der Waals surface area contributed by atoms with Crippen molar-refractivity contribution in [2.45, 2.75) is 20.4 Å². The maximum Gasteiger partial charge on any atom is 0.278 e. The van der Waals surface area contributed by atoms with Crippen LogP contribution in [0.15, 0.2) is 55.1 Å². The number of anilines is 1. The van der Waals surface area contributed by atoms with Gasteiger partial charge in [-0.15, -0.1) is 5.10 Å². The lowest BCUT2D eigenvalue weighted by Gasteiger charge is -2.03. The molecular formula is C22H21N9O. The largest absolute Gasteiger partial charge is 0.288 e. The minimum atomic E-state index is -0.405. The Kier molecular flexibility index (Phi) is 4.74. The first-order valence-corrected chi connectivity index (χ1v) is 10.1. The van der Waals surface area contributed by atoms with Crippen LogP contribution in [0.4, 0.5) is 5.95 Å². The topological polar surface area (TPSA) is 108 Å². The van der Waals surface area contributed by atoms with Crippen LogP contribution < -0.4 is 5.32 Å². The predicted octanol–water partition coefficient (Wildman–Crippen LogP) is 2.64. The van der Waals surface area contributed by atoms with E-state index in [0.717, 1.165) is 22.5 Å². The predicted molar refractivity (Wildman–Crippen MR) is 118 cm³/mol. The van der Waals surface area contributed by atoms with Gasteiger partial charge in [0.15, 0.2) is 11.3 Å². The van der Waals surface area contributed by atoms with Crippen molar-refractivity contribution in [3.8, 4) is 11.3 Å². The maximum absolute atomic E-state index is 12.8. The lowest BCUT2D eigenvalue weighted by Crippen LogP contribution is -2.14. The fraction of sp³-hybridized carbons (Fsp3) is 0.182. The molecule has 0 spiro atoms. The molecule has 5 rings (SSSR count). The second-order valence-corrected chi connectivity index (χ2v) is 7.61. The number of carbonyl (C=O) groups is 1. The van der Waals surface area contributed by atoms with Crippen molar-refractivity contribution in [1.29, 1.82) is 0 Å². The average molecular weight is 427 g/mol. The Morgan fingerprint density at radius 3 is 2.75 bits per heavy atom. The third-order valence-corrected chi connectivity index (χ3v) is 5.29. The van der Waals surface area contributed by atoms with E-state index in [0.29, 0.717) is 12.2 Å². The summed E-state index contributed by atoms with van der Waals surface area (Å²) in [5, 5.41) is 15.8. The third-order valence-electron chi connectivity index (χ3n) is 5.29. The van der Waals surface area contributed by atoms with Crippen molar-refractivity contribution >= 4 is 17.5 Å². The van der Waals surface area contributed by atoms with Gasteiger partial charge in [0, 0.05) is 30.6 Å². The van der Waals surface area contributed by atoms with Gasteiger partial charge in [0.2, 0.25) is 5.95 Å². The van der Waals surface area contributed by atoms with Crippen molar-refractivity contribution < 1.29 is 4.79 Å². The maximum atomic E-state index is 12.8. The quantitative estimate of drug-likeness (QED) is 0.462. The van der Waals surface area contributed by atoms with Gasteiger partial charge in [-0.1, -0.05) is 29.8 Å². The average Bonchev–Trinajstić information content (AvgIpc) is 3.48. The standard InChI is InChI=1S/C22H21N9O/c1-14-5-4-6-16(9-14)12-30-13-24-22(28-30)26-21(32)18-10-20-23-8-7-19(31(20)27-18)17-11-25-29(3)15(17)2/h4-11,13H,12H2,1-3H3,(H,26,28,32). The summed E-state index contributed by atoms with van der Waals surface area (Å²) in [6.07, 6.45) is 5.05. The first-order chi connectivity index (χ1) is 15.5. The van der Waals surface area contributed by atoms with Crippen molar-refractivity contribution in [3.63, 3.8) is 0 Å². The molecule has 1 aromatic carbocycles. The number of aryl methyl sites for hydroxylation is 2. The zero-order chi connectivity index (χ0) is 22.2. The zero-order valence-corrected chi connectivity index (χ0v) is 17.9. The molecule has 0 atom stereocenters. The number of nitrogens with one attached hydrogen (secondary N) is 1. The van der Waals surface area contributed by atoms with E-state index in [1.165, 1.54) is 5.56 Å². The van der Waals surface area contributed by atoms with Gasteiger partial charge >= 0.3 is 0 Å². The normalized spacial score (nSPS) is 11.2. The number of carbonyl (C=O) groups excluding carboxylic acids is 1. The number of aromatic nitrogens is 8. The molecule has 0 aliphatic heterocycles. The van der Waals surface area contributed by atoms with Gasteiger partial charge in [0.25, 0.3) is 5.91 Å². The van der Waals surface area contributed by atoms with Gasteiger partial charge in [0.05, 0.1) is 18.4 Å². The molecule has 10 heteroatoms. The molecule has 1 amide bonds. The fourth-order valence-corrected chi connectivity index (χ4v) is 3.55. The second-order valence-electron chi connectivity index (χ2n) is 7.61. The number of benzene rings is 1. The molecule has 0 bridgehead atoms. The van der Waals surface area contributed by atoms with Gasteiger partial charge in [0.1, 0.15) is 6.33 Å². The Labute approximate surface area is 183 Å².